The van der Waals surface area contributed by atoms with E-state index in [0.717, 1.165) is 25.4 Å². The Bertz CT molecular complexity index is 298. The standard InChI is InChI=1S/C12H17NOS/c1-12(9-13-10-12)14-7-8-15-11-5-3-2-4-6-11/h2-6,13H,7-10H2,1H3. The number of nitrogens with one attached hydrogen (secondary N) is 1. The molecule has 1 saturated heterocycles. The summed E-state index contributed by atoms with van der Waals surface area (Å²) < 4.78 is 5.80. The number of rotatable bonds is 5. The van der Waals surface area contributed by atoms with Crippen LogP contribution in [-0.2, 0) is 4.74 Å². The normalized spacial score (nSPS) is 18.5. The van der Waals surface area contributed by atoms with Crippen molar-refractivity contribution >= 4 is 11.8 Å². The summed E-state index contributed by atoms with van der Waals surface area (Å²) in [4.78, 5) is 1.32. The van der Waals surface area contributed by atoms with Gasteiger partial charge >= 0.3 is 0 Å². The van der Waals surface area contributed by atoms with Gasteiger partial charge in [0.15, 0.2) is 0 Å². The Labute approximate surface area is 95.4 Å². The largest absolute Gasteiger partial charge is 0.372 e. The van der Waals surface area contributed by atoms with Gasteiger partial charge in [0, 0.05) is 23.7 Å². The highest BCUT2D eigenvalue weighted by atomic mass is 32.2. The lowest BCUT2D eigenvalue weighted by Gasteiger charge is -2.39. The van der Waals surface area contributed by atoms with Crippen LogP contribution in [0.3, 0.4) is 0 Å². The van der Waals surface area contributed by atoms with Crippen LogP contribution in [0.15, 0.2) is 35.2 Å². The molecule has 1 aromatic carbocycles. The lowest BCUT2D eigenvalue weighted by atomic mass is 10.0. The molecule has 0 atom stereocenters. The molecule has 82 valence electrons. The molecule has 1 N–H and O–H groups in total. The Hall–Kier alpha value is -0.510. The molecule has 15 heavy (non-hydrogen) atoms. The topological polar surface area (TPSA) is 21.3 Å². The quantitative estimate of drug-likeness (QED) is 0.610. The van der Waals surface area contributed by atoms with Crippen LogP contribution < -0.4 is 5.32 Å². The zero-order valence-electron chi connectivity index (χ0n) is 9.03. The van der Waals surface area contributed by atoms with E-state index in [4.69, 9.17) is 4.74 Å². The zero-order valence-corrected chi connectivity index (χ0v) is 9.85. The van der Waals surface area contributed by atoms with Crippen molar-refractivity contribution in [1.29, 1.82) is 0 Å². The summed E-state index contributed by atoms with van der Waals surface area (Å²) in [5.74, 6) is 1.03. The summed E-state index contributed by atoms with van der Waals surface area (Å²) >= 11 is 1.85. The monoisotopic (exact) mass is 223 g/mol. The van der Waals surface area contributed by atoms with Gasteiger partial charge in [0.25, 0.3) is 0 Å². The van der Waals surface area contributed by atoms with Crippen LogP contribution in [0.2, 0.25) is 0 Å². The summed E-state index contributed by atoms with van der Waals surface area (Å²) in [5.41, 5.74) is 0.0945. The van der Waals surface area contributed by atoms with Crippen molar-refractivity contribution in [1.82, 2.24) is 5.32 Å². The second kappa shape index (κ2) is 5.01. The van der Waals surface area contributed by atoms with Crippen LogP contribution in [0.5, 0.6) is 0 Å². The van der Waals surface area contributed by atoms with E-state index in [1.54, 1.807) is 0 Å². The second-order valence-corrected chi connectivity index (χ2v) is 5.23. The molecule has 0 spiro atoms. The fourth-order valence-corrected chi connectivity index (χ4v) is 2.30. The highest BCUT2D eigenvalue weighted by molar-refractivity contribution is 7.99. The molecule has 0 aliphatic carbocycles. The van der Waals surface area contributed by atoms with E-state index < -0.39 is 0 Å². The smallest absolute Gasteiger partial charge is 0.0902 e. The van der Waals surface area contributed by atoms with Crippen molar-refractivity contribution in [3.05, 3.63) is 30.3 Å². The van der Waals surface area contributed by atoms with Gasteiger partial charge in [-0.15, -0.1) is 11.8 Å². The number of ether oxygens (including phenoxy) is 1. The van der Waals surface area contributed by atoms with Crippen LogP contribution >= 0.6 is 11.8 Å². The van der Waals surface area contributed by atoms with Gasteiger partial charge in [-0.1, -0.05) is 18.2 Å². The van der Waals surface area contributed by atoms with Gasteiger partial charge in [-0.05, 0) is 19.1 Å². The minimum atomic E-state index is 0.0945. The molecule has 0 saturated carbocycles. The van der Waals surface area contributed by atoms with Crippen molar-refractivity contribution in [2.75, 3.05) is 25.4 Å². The number of benzene rings is 1. The predicted octanol–water partition coefficient (Wildman–Crippen LogP) is 2.16. The lowest BCUT2D eigenvalue weighted by molar-refractivity contribution is -0.0594. The average molecular weight is 223 g/mol. The van der Waals surface area contributed by atoms with Crippen molar-refractivity contribution in [2.24, 2.45) is 0 Å². The summed E-state index contributed by atoms with van der Waals surface area (Å²) in [6, 6.07) is 10.5. The Kier molecular flexibility index (Phi) is 3.67. The Morgan fingerprint density at radius 1 is 1.33 bits per heavy atom. The van der Waals surface area contributed by atoms with Gasteiger partial charge in [0.2, 0.25) is 0 Å². The highest BCUT2D eigenvalue weighted by Crippen LogP contribution is 2.19. The van der Waals surface area contributed by atoms with Crippen molar-refractivity contribution in [3.63, 3.8) is 0 Å². The van der Waals surface area contributed by atoms with Gasteiger partial charge in [-0.2, -0.15) is 0 Å². The fraction of sp³-hybridized carbons (Fsp3) is 0.500. The van der Waals surface area contributed by atoms with Crippen LogP contribution in [-0.4, -0.2) is 31.1 Å². The molecule has 1 aromatic rings. The van der Waals surface area contributed by atoms with E-state index in [-0.39, 0.29) is 5.60 Å². The molecule has 0 amide bonds. The molecule has 0 radical (unpaired) electrons. The predicted molar refractivity (Wildman–Crippen MR) is 64.4 cm³/mol. The zero-order chi connectivity index (χ0) is 10.6. The number of hydrogen-bond donors (Lipinski definition) is 1. The molecule has 2 rings (SSSR count). The Morgan fingerprint density at radius 3 is 2.67 bits per heavy atom. The third-order valence-electron chi connectivity index (χ3n) is 2.54. The van der Waals surface area contributed by atoms with Gasteiger partial charge in [-0.3, -0.25) is 0 Å². The lowest BCUT2D eigenvalue weighted by Crippen LogP contribution is -2.59. The minimum absolute atomic E-state index is 0.0945. The first-order chi connectivity index (χ1) is 7.29. The molecule has 0 bridgehead atoms. The van der Waals surface area contributed by atoms with Gasteiger partial charge in [0.1, 0.15) is 0 Å². The molecule has 1 aliphatic heterocycles. The fourth-order valence-electron chi connectivity index (χ4n) is 1.54. The van der Waals surface area contributed by atoms with E-state index in [9.17, 15) is 0 Å². The molecule has 1 heterocycles. The first-order valence-corrected chi connectivity index (χ1v) is 6.30. The van der Waals surface area contributed by atoms with E-state index in [1.165, 1.54) is 4.90 Å². The summed E-state index contributed by atoms with van der Waals surface area (Å²) in [5, 5.41) is 3.23. The van der Waals surface area contributed by atoms with Crippen LogP contribution in [0.4, 0.5) is 0 Å². The van der Waals surface area contributed by atoms with Crippen molar-refractivity contribution < 1.29 is 4.74 Å². The number of thioether (sulfide) groups is 1. The Morgan fingerprint density at radius 2 is 2.07 bits per heavy atom. The van der Waals surface area contributed by atoms with E-state index in [0.29, 0.717) is 0 Å². The number of hydrogen-bond acceptors (Lipinski definition) is 3. The summed E-state index contributed by atoms with van der Waals surface area (Å²) in [7, 11) is 0. The molecule has 2 nitrogen and oxygen atoms in total. The van der Waals surface area contributed by atoms with Gasteiger partial charge in [0.05, 0.1) is 12.2 Å². The average Bonchev–Trinajstić information content (AvgIpc) is 2.23. The van der Waals surface area contributed by atoms with E-state index in [1.807, 2.05) is 17.8 Å². The van der Waals surface area contributed by atoms with Gasteiger partial charge < -0.3 is 10.1 Å². The molecule has 1 fully saturated rings. The van der Waals surface area contributed by atoms with Crippen molar-refractivity contribution in [3.8, 4) is 0 Å². The molecule has 3 heteroatoms. The summed E-state index contributed by atoms with van der Waals surface area (Å²) in [6.45, 7) is 4.97. The first kappa shape index (κ1) is 11.0. The Balaban J connectivity index is 1.63. The molecular formula is C12H17NOS. The third-order valence-corrected chi connectivity index (χ3v) is 3.52. The van der Waals surface area contributed by atoms with Crippen LogP contribution in [0.1, 0.15) is 6.92 Å². The van der Waals surface area contributed by atoms with E-state index >= 15 is 0 Å². The molecule has 0 unspecified atom stereocenters. The second-order valence-electron chi connectivity index (χ2n) is 4.06. The molecule has 0 aromatic heterocycles. The molecule has 1 aliphatic rings. The maximum absolute atomic E-state index is 5.80. The molecular weight excluding hydrogens is 206 g/mol. The minimum Gasteiger partial charge on any atom is -0.372 e. The third kappa shape index (κ3) is 3.23. The summed E-state index contributed by atoms with van der Waals surface area (Å²) in [6.07, 6.45) is 0. The van der Waals surface area contributed by atoms with Crippen LogP contribution in [0, 0.1) is 0 Å². The SMILES string of the molecule is CC1(OCCSc2ccccc2)CNC1. The van der Waals surface area contributed by atoms with Gasteiger partial charge in [-0.25, -0.2) is 0 Å². The van der Waals surface area contributed by atoms with E-state index in [2.05, 4.69) is 36.5 Å². The maximum Gasteiger partial charge on any atom is 0.0902 e. The highest BCUT2D eigenvalue weighted by Gasteiger charge is 2.31. The first-order valence-electron chi connectivity index (χ1n) is 5.31. The maximum atomic E-state index is 5.80. The van der Waals surface area contributed by atoms with Crippen molar-refractivity contribution in [2.45, 2.75) is 17.4 Å². The van der Waals surface area contributed by atoms with Crippen LogP contribution in [0.25, 0.3) is 0 Å².